The second-order valence-electron chi connectivity index (χ2n) is 4.28. The number of methoxy groups -OCH3 is 1. The summed E-state index contributed by atoms with van der Waals surface area (Å²) in [4.78, 5) is 0. The fourth-order valence-electron chi connectivity index (χ4n) is 1.99. The third-order valence-electron chi connectivity index (χ3n) is 2.94. The van der Waals surface area contributed by atoms with Crippen LogP contribution in [0.2, 0.25) is 0 Å². The lowest BCUT2D eigenvalue weighted by Gasteiger charge is -2.22. The van der Waals surface area contributed by atoms with E-state index in [-0.39, 0.29) is 11.6 Å². The zero-order chi connectivity index (χ0) is 11.6. The molecule has 0 spiro atoms. The Balaban J connectivity index is 2.21. The van der Waals surface area contributed by atoms with Gasteiger partial charge in [-0.25, -0.2) is 4.39 Å². The van der Waals surface area contributed by atoms with Gasteiger partial charge in [-0.1, -0.05) is 12.1 Å². The molecule has 1 atom stereocenters. The van der Waals surface area contributed by atoms with Gasteiger partial charge in [0, 0.05) is 12.1 Å². The van der Waals surface area contributed by atoms with Crippen LogP contribution in [0.3, 0.4) is 0 Å². The van der Waals surface area contributed by atoms with E-state index in [0.29, 0.717) is 25.2 Å². The molecule has 2 N–H and O–H groups in total. The molecule has 1 heterocycles. The third kappa shape index (κ3) is 2.18. The summed E-state index contributed by atoms with van der Waals surface area (Å²) in [6, 6.07) is 5.12. The van der Waals surface area contributed by atoms with Crippen molar-refractivity contribution in [3.05, 3.63) is 29.6 Å². The Morgan fingerprint density at radius 3 is 3.00 bits per heavy atom. The maximum absolute atomic E-state index is 13.9. The fraction of sp³-hybridized carbons (Fsp3) is 0.500. The van der Waals surface area contributed by atoms with E-state index in [1.54, 1.807) is 18.2 Å². The van der Waals surface area contributed by atoms with Gasteiger partial charge in [-0.3, -0.25) is 0 Å². The van der Waals surface area contributed by atoms with Gasteiger partial charge in [-0.05, 0) is 24.5 Å². The number of halogens is 1. The minimum absolute atomic E-state index is 0.264. The molecular formula is C12H16FNO2. The van der Waals surface area contributed by atoms with Crippen molar-refractivity contribution in [3.63, 3.8) is 0 Å². The lowest BCUT2D eigenvalue weighted by Crippen LogP contribution is -2.42. The monoisotopic (exact) mass is 225 g/mol. The van der Waals surface area contributed by atoms with E-state index < -0.39 is 5.54 Å². The first-order chi connectivity index (χ1) is 7.64. The van der Waals surface area contributed by atoms with Crippen LogP contribution < -0.4 is 10.5 Å². The van der Waals surface area contributed by atoms with Crippen LogP contribution in [0.15, 0.2) is 18.2 Å². The molecule has 1 aromatic carbocycles. The van der Waals surface area contributed by atoms with Crippen LogP contribution in [0.5, 0.6) is 5.75 Å². The summed E-state index contributed by atoms with van der Waals surface area (Å²) in [5.74, 6) is -0.0539. The zero-order valence-corrected chi connectivity index (χ0v) is 9.33. The second kappa shape index (κ2) is 4.39. The van der Waals surface area contributed by atoms with Gasteiger partial charge in [-0.2, -0.15) is 0 Å². The van der Waals surface area contributed by atoms with Crippen molar-refractivity contribution >= 4 is 0 Å². The van der Waals surface area contributed by atoms with Crippen molar-refractivity contribution in [2.45, 2.75) is 18.4 Å². The summed E-state index contributed by atoms with van der Waals surface area (Å²) in [6.45, 7) is 1.14. The minimum atomic E-state index is -0.437. The van der Waals surface area contributed by atoms with Crippen molar-refractivity contribution in [1.29, 1.82) is 0 Å². The average molecular weight is 225 g/mol. The van der Waals surface area contributed by atoms with Gasteiger partial charge in [0.1, 0.15) is 0 Å². The van der Waals surface area contributed by atoms with E-state index in [9.17, 15) is 4.39 Å². The van der Waals surface area contributed by atoms with Gasteiger partial charge in [0.15, 0.2) is 11.6 Å². The van der Waals surface area contributed by atoms with Gasteiger partial charge in [0.25, 0.3) is 0 Å². The molecule has 16 heavy (non-hydrogen) atoms. The topological polar surface area (TPSA) is 44.5 Å². The lowest BCUT2D eigenvalue weighted by atomic mass is 9.91. The number of nitrogens with two attached hydrogens (primary N) is 1. The molecule has 0 amide bonds. The van der Waals surface area contributed by atoms with Crippen molar-refractivity contribution in [2.24, 2.45) is 5.73 Å². The molecule has 0 bridgehead atoms. The number of hydrogen-bond acceptors (Lipinski definition) is 3. The molecule has 2 rings (SSSR count). The largest absolute Gasteiger partial charge is 0.494 e. The maximum Gasteiger partial charge on any atom is 0.168 e. The van der Waals surface area contributed by atoms with E-state index in [4.69, 9.17) is 15.2 Å². The number of ether oxygens (including phenoxy) is 2. The molecule has 0 saturated carbocycles. The van der Waals surface area contributed by atoms with E-state index >= 15 is 0 Å². The molecule has 4 heteroatoms. The Bertz CT molecular complexity index is 375. The summed E-state index contributed by atoms with van der Waals surface area (Å²) in [5, 5.41) is 0. The van der Waals surface area contributed by atoms with Gasteiger partial charge in [0.05, 0.1) is 13.7 Å². The minimum Gasteiger partial charge on any atom is -0.494 e. The van der Waals surface area contributed by atoms with E-state index in [1.165, 1.54) is 7.11 Å². The van der Waals surface area contributed by atoms with Crippen LogP contribution in [-0.4, -0.2) is 25.9 Å². The van der Waals surface area contributed by atoms with Gasteiger partial charge >= 0.3 is 0 Å². The highest BCUT2D eigenvalue weighted by molar-refractivity contribution is 5.32. The molecule has 88 valence electrons. The van der Waals surface area contributed by atoms with Crippen molar-refractivity contribution in [2.75, 3.05) is 20.3 Å². The Labute approximate surface area is 94.3 Å². The third-order valence-corrected chi connectivity index (χ3v) is 2.94. The number of rotatable bonds is 3. The molecule has 0 aliphatic carbocycles. The van der Waals surface area contributed by atoms with Crippen LogP contribution in [0.25, 0.3) is 0 Å². The molecule has 1 fully saturated rings. The van der Waals surface area contributed by atoms with E-state index in [0.717, 1.165) is 6.42 Å². The average Bonchev–Trinajstić information content (AvgIpc) is 2.68. The standard InChI is InChI=1S/C12H16FNO2/c1-15-10-4-2-3-9(11(10)13)7-12(14)5-6-16-8-12/h2-4H,5-8,14H2,1H3. The molecule has 0 aromatic heterocycles. The van der Waals surface area contributed by atoms with Crippen molar-refractivity contribution < 1.29 is 13.9 Å². The molecule has 1 aromatic rings. The van der Waals surface area contributed by atoms with Gasteiger partial charge < -0.3 is 15.2 Å². The van der Waals surface area contributed by atoms with Crippen LogP contribution in [0.4, 0.5) is 4.39 Å². The summed E-state index contributed by atoms with van der Waals surface area (Å²) in [5.41, 5.74) is 6.27. The predicted molar refractivity (Wildman–Crippen MR) is 59.0 cm³/mol. The van der Waals surface area contributed by atoms with Crippen LogP contribution in [0.1, 0.15) is 12.0 Å². The number of hydrogen-bond donors (Lipinski definition) is 1. The Hall–Kier alpha value is -1.13. The second-order valence-corrected chi connectivity index (χ2v) is 4.28. The number of benzene rings is 1. The smallest absolute Gasteiger partial charge is 0.168 e. The fourth-order valence-corrected chi connectivity index (χ4v) is 1.99. The van der Waals surface area contributed by atoms with Gasteiger partial charge in [-0.15, -0.1) is 0 Å². The molecule has 1 saturated heterocycles. The molecule has 3 nitrogen and oxygen atoms in total. The van der Waals surface area contributed by atoms with Crippen molar-refractivity contribution in [3.8, 4) is 5.75 Å². The predicted octanol–water partition coefficient (Wildman–Crippen LogP) is 1.49. The molecule has 0 radical (unpaired) electrons. The molecule has 1 unspecified atom stereocenters. The first kappa shape index (κ1) is 11.4. The van der Waals surface area contributed by atoms with Crippen LogP contribution >= 0.6 is 0 Å². The first-order valence-electron chi connectivity index (χ1n) is 5.33. The molecular weight excluding hydrogens is 209 g/mol. The Morgan fingerprint density at radius 1 is 1.56 bits per heavy atom. The highest BCUT2D eigenvalue weighted by Crippen LogP contribution is 2.26. The molecule has 1 aliphatic rings. The highest BCUT2D eigenvalue weighted by atomic mass is 19.1. The summed E-state index contributed by atoms with van der Waals surface area (Å²) in [6.07, 6.45) is 1.25. The van der Waals surface area contributed by atoms with Crippen LogP contribution in [-0.2, 0) is 11.2 Å². The van der Waals surface area contributed by atoms with Gasteiger partial charge in [0.2, 0.25) is 0 Å². The zero-order valence-electron chi connectivity index (χ0n) is 9.33. The summed E-state index contributed by atoms with van der Waals surface area (Å²) >= 11 is 0. The SMILES string of the molecule is COc1cccc(CC2(N)CCOC2)c1F. The van der Waals surface area contributed by atoms with Crippen LogP contribution in [0, 0.1) is 5.82 Å². The maximum atomic E-state index is 13.9. The summed E-state index contributed by atoms with van der Waals surface area (Å²) in [7, 11) is 1.46. The Kier molecular flexibility index (Phi) is 3.12. The van der Waals surface area contributed by atoms with Crippen molar-refractivity contribution in [1.82, 2.24) is 0 Å². The Morgan fingerprint density at radius 2 is 2.38 bits per heavy atom. The lowest BCUT2D eigenvalue weighted by molar-refractivity contribution is 0.177. The quantitative estimate of drug-likeness (QED) is 0.847. The summed E-state index contributed by atoms with van der Waals surface area (Å²) < 4.78 is 24.1. The highest BCUT2D eigenvalue weighted by Gasteiger charge is 2.31. The molecule has 1 aliphatic heterocycles. The van der Waals surface area contributed by atoms with E-state index in [2.05, 4.69) is 0 Å². The normalized spacial score (nSPS) is 24.7. The van der Waals surface area contributed by atoms with E-state index in [1.807, 2.05) is 0 Å². The first-order valence-corrected chi connectivity index (χ1v) is 5.33.